The van der Waals surface area contributed by atoms with Crippen molar-refractivity contribution in [3.8, 4) is 5.75 Å². The second-order valence-electron chi connectivity index (χ2n) is 7.72. The molecule has 1 aliphatic carbocycles. The molecule has 2 fully saturated rings. The Morgan fingerprint density at radius 2 is 2.00 bits per heavy atom. The van der Waals surface area contributed by atoms with E-state index in [4.69, 9.17) is 14.5 Å². The molecule has 3 aromatic rings. The lowest BCUT2D eigenvalue weighted by molar-refractivity contribution is 0.0673. The number of nitrogens with one attached hydrogen (secondary N) is 1. The SMILES string of the molecule is O=c1[nH]c(Cc2ccccc2OCC2CC2)nc2c1cnn2C1CCOCC1. The number of hydrogen-bond donors (Lipinski definition) is 1. The van der Waals surface area contributed by atoms with Crippen molar-refractivity contribution in [2.24, 2.45) is 5.92 Å². The van der Waals surface area contributed by atoms with E-state index in [-0.39, 0.29) is 11.6 Å². The molecule has 28 heavy (non-hydrogen) atoms. The summed E-state index contributed by atoms with van der Waals surface area (Å²) in [6.07, 6.45) is 6.42. The second-order valence-corrected chi connectivity index (χ2v) is 7.72. The van der Waals surface area contributed by atoms with Gasteiger partial charge in [-0.25, -0.2) is 9.67 Å². The van der Waals surface area contributed by atoms with E-state index in [0.717, 1.165) is 30.8 Å². The molecule has 3 heterocycles. The van der Waals surface area contributed by atoms with Crippen LogP contribution in [0.4, 0.5) is 0 Å². The summed E-state index contributed by atoms with van der Waals surface area (Å²) >= 11 is 0. The minimum absolute atomic E-state index is 0.144. The summed E-state index contributed by atoms with van der Waals surface area (Å²) < 4.78 is 13.3. The number of H-pyrrole nitrogens is 1. The molecule has 1 aromatic carbocycles. The van der Waals surface area contributed by atoms with E-state index in [1.54, 1.807) is 6.20 Å². The van der Waals surface area contributed by atoms with Crippen molar-refractivity contribution in [1.29, 1.82) is 0 Å². The van der Waals surface area contributed by atoms with Gasteiger partial charge in [-0.1, -0.05) is 18.2 Å². The van der Waals surface area contributed by atoms with Gasteiger partial charge in [-0.15, -0.1) is 0 Å². The Morgan fingerprint density at radius 3 is 2.82 bits per heavy atom. The number of fused-ring (bicyclic) bond motifs is 1. The first-order chi connectivity index (χ1) is 13.8. The van der Waals surface area contributed by atoms with Crippen LogP contribution in [0.25, 0.3) is 11.0 Å². The quantitative estimate of drug-likeness (QED) is 0.711. The fourth-order valence-electron chi connectivity index (χ4n) is 3.73. The van der Waals surface area contributed by atoms with Gasteiger partial charge >= 0.3 is 0 Å². The van der Waals surface area contributed by atoms with E-state index in [1.807, 2.05) is 28.9 Å². The van der Waals surface area contributed by atoms with Gasteiger partial charge in [0, 0.05) is 25.2 Å². The van der Waals surface area contributed by atoms with Gasteiger partial charge in [0.15, 0.2) is 5.65 Å². The average molecular weight is 380 g/mol. The Bertz CT molecular complexity index is 1030. The van der Waals surface area contributed by atoms with Gasteiger partial charge < -0.3 is 14.5 Å². The summed E-state index contributed by atoms with van der Waals surface area (Å²) in [6.45, 7) is 2.19. The maximum absolute atomic E-state index is 12.6. The summed E-state index contributed by atoms with van der Waals surface area (Å²) in [5, 5.41) is 4.99. The molecule has 1 aliphatic heterocycles. The molecule has 0 unspecified atom stereocenters. The van der Waals surface area contributed by atoms with Crippen LogP contribution in [-0.2, 0) is 11.2 Å². The van der Waals surface area contributed by atoms with E-state index in [0.29, 0.717) is 42.4 Å². The molecular weight excluding hydrogens is 356 g/mol. The van der Waals surface area contributed by atoms with E-state index >= 15 is 0 Å². The highest BCUT2D eigenvalue weighted by atomic mass is 16.5. The Kier molecular flexibility index (Phi) is 4.60. The van der Waals surface area contributed by atoms with Crippen LogP contribution in [-0.4, -0.2) is 39.6 Å². The van der Waals surface area contributed by atoms with Crippen molar-refractivity contribution in [1.82, 2.24) is 19.7 Å². The zero-order valence-corrected chi connectivity index (χ0v) is 15.8. The van der Waals surface area contributed by atoms with Crippen molar-refractivity contribution < 1.29 is 9.47 Å². The number of nitrogens with zero attached hydrogens (tertiary/aromatic N) is 3. The van der Waals surface area contributed by atoms with E-state index < -0.39 is 0 Å². The lowest BCUT2D eigenvalue weighted by Gasteiger charge is -2.22. The summed E-state index contributed by atoms with van der Waals surface area (Å²) in [5.74, 6) is 2.19. The summed E-state index contributed by atoms with van der Waals surface area (Å²) in [6, 6.07) is 8.21. The Morgan fingerprint density at radius 1 is 1.18 bits per heavy atom. The van der Waals surface area contributed by atoms with Crippen LogP contribution >= 0.6 is 0 Å². The van der Waals surface area contributed by atoms with E-state index in [1.165, 1.54) is 12.8 Å². The molecule has 0 spiro atoms. The molecule has 0 radical (unpaired) electrons. The third kappa shape index (κ3) is 3.54. The van der Waals surface area contributed by atoms with Gasteiger partial charge in [0.05, 0.1) is 18.8 Å². The summed E-state index contributed by atoms with van der Waals surface area (Å²) in [4.78, 5) is 20.3. The van der Waals surface area contributed by atoms with Gasteiger partial charge in [-0.05, 0) is 37.7 Å². The van der Waals surface area contributed by atoms with Crippen LogP contribution in [0.3, 0.4) is 0 Å². The van der Waals surface area contributed by atoms with Gasteiger partial charge in [0.2, 0.25) is 0 Å². The smallest absolute Gasteiger partial charge is 0.262 e. The van der Waals surface area contributed by atoms with Crippen molar-refractivity contribution in [3.05, 3.63) is 52.2 Å². The fraction of sp³-hybridized carbons (Fsp3) is 0.476. The van der Waals surface area contributed by atoms with Crippen LogP contribution in [0.2, 0.25) is 0 Å². The number of aromatic amines is 1. The van der Waals surface area contributed by atoms with Crippen molar-refractivity contribution >= 4 is 11.0 Å². The molecule has 146 valence electrons. The third-order valence-electron chi connectivity index (χ3n) is 5.55. The van der Waals surface area contributed by atoms with Gasteiger partial charge in [-0.2, -0.15) is 5.10 Å². The van der Waals surface area contributed by atoms with Crippen LogP contribution in [0, 0.1) is 5.92 Å². The van der Waals surface area contributed by atoms with Crippen LogP contribution in [0.1, 0.15) is 43.1 Å². The maximum Gasteiger partial charge on any atom is 0.262 e. The monoisotopic (exact) mass is 380 g/mol. The molecule has 7 nitrogen and oxygen atoms in total. The predicted octanol–water partition coefficient (Wildman–Crippen LogP) is 2.85. The number of aromatic nitrogens is 4. The zero-order valence-electron chi connectivity index (χ0n) is 15.8. The fourth-order valence-corrected chi connectivity index (χ4v) is 3.73. The first-order valence-electron chi connectivity index (χ1n) is 10.0. The minimum atomic E-state index is -0.144. The number of ether oxygens (including phenoxy) is 2. The summed E-state index contributed by atoms with van der Waals surface area (Å²) in [7, 11) is 0. The molecule has 0 amide bonds. The number of hydrogen-bond acceptors (Lipinski definition) is 5. The Hall–Kier alpha value is -2.67. The average Bonchev–Trinajstić information content (AvgIpc) is 3.45. The number of rotatable bonds is 6. The molecule has 7 heteroatoms. The lowest BCUT2D eigenvalue weighted by atomic mass is 10.1. The first kappa shape index (κ1) is 17.4. The van der Waals surface area contributed by atoms with Crippen molar-refractivity contribution in [3.63, 3.8) is 0 Å². The van der Waals surface area contributed by atoms with Crippen molar-refractivity contribution in [2.75, 3.05) is 19.8 Å². The van der Waals surface area contributed by atoms with Crippen LogP contribution in [0.15, 0.2) is 35.3 Å². The topological polar surface area (TPSA) is 82.0 Å². The maximum atomic E-state index is 12.6. The minimum Gasteiger partial charge on any atom is -0.493 e. The third-order valence-corrected chi connectivity index (χ3v) is 5.55. The highest BCUT2D eigenvalue weighted by Gasteiger charge is 2.23. The molecule has 0 atom stereocenters. The molecule has 1 N–H and O–H groups in total. The lowest BCUT2D eigenvalue weighted by Crippen LogP contribution is -2.21. The van der Waals surface area contributed by atoms with Gasteiger partial charge in [0.1, 0.15) is 17.0 Å². The van der Waals surface area contributed by atoms with Gasteiger partial charge in [-0.3, -0.25) is 4.79 Å². The summed E-state index contributed by atoms with van der Waals surface area (Å²) in [5.41, 5.74) is 1.54. The van der Waals surface area contributed by atoms with E-state index in [2.05, 4.69) is 10.1 Å². The predicted molar refractivity (Wildman–Crippen MR) is 105 cm³/mol. The van der Waals surface area contributed by atoms with Gasteiger partial charge in [0.25, 0.3) is 5.56 Å². The standard InChI is InChI=1S/C21H24N4O3/c26-21-17-12-22-25(16-7-9-27-10-8-16)20(17)23-19(24-21)11-15-3-1-2-4-18(15)28-13-14-5-6-14/h1-4,12,14,16H,5-11,13H2,(H,23,24,26). The van der Waals surface area contributed by atoms with Crippen LogP contribution in [0.5, 0.6) is 5.75 Å². The Labute approximate surface area is 162 Å². The molecular formula is C21H24N4O3. The molecule has 0 bridgehead atoms. The van der Waals surface area contributed by atoms with E-state index in [9.17, 15) is 4.79 Å². The first-order valence-corrected chi connectivity index (χ1v) is 10.0. The molecule has 1 saturated heterocycles. The molecule has 5 rings (SSSR count). The zero-order chi connectivity index (χ0) is 18.9. The highest BCUT2D eigenvalue weighted by Crippen LogP contribution is 2.31. The molecule has 2 aromatic heterocycles. The number of para-hydroxylation sites is 1. The molecule has 1 saturated carbocycles. The normalized spacial score (nSPS) is 17.9. The second kappa shape index (κ2) is 7.39. The largest absolute Gasteiger partial charge is 0.493 e. The van der Waals surface area contributed by atoms with Crippen molar-refractivity contribution in [2.45, 2.75) is 38.1 Å². The Balaban J connectivity index is 1.45. The highest BCUT2D eigenvalue weighted by molar-refractivity contribution is 5.73. The number of benzene rings is 1. The molecule has 2 aliphatic rings. The van der Waals surface area contributed by atoms with Crippen LogP contribution < -0.4 is 10.3 Å².